The lowest BCUT2D eigenvalue weighted by Crippen LogP contribution is -2.24. The number of aliphatic imine (C=N–C) groups is 1. The minimum atomic E-state index is -3.13. The van der Waals surface area contributed by atoms with E-state index in [1.807, 2.05) is 30.3 Å². The van der Waals surface area contributed by atoms with Crippen LogP contribution in [0.5, 0.6) is 0 Å². The summed E-state index contributed by atoms with van der Waals surface area (Å²) in [6.45, 7) is 0. The van der Waals surface area contributed by atoms with Gasteiger partial charge in [-0.2, -0.15) is 0 Å². The summed E-state index contributed by atoms with van der Waals surface area (Å²) in [6, 6.07) is 9.31. The SMILES string of the molecule is CN1C(=Nc2ccccc2)SCS1(=O)=O. The number of nitrogens with zero attached hydrogens (tertiary/aromatic N) is 2. The first-order valence-electron chi connectivity index (χ1n) is 4.33. The number of thioether (sulfide) groups is 1. The van der Waals surface area contributed by atoms with Crippen LogP contribution in [0.25, 0.3) is 0 Å². The maximum Gasteiger partial charge on any atom is 0.246 e. The second kappa shape index (κ2) is 3.86. The van der Waals surface area contributed by atoms with Crippen LogP contribution in [0.1, 0.15) is 0 Å². The van der Waals surface area contributed by atoms with Gasteiger partial charge in [-0.15, -0.1) is 0 Å². The second-order valence-electron chi connectivity index (χ2n) is 3.07. The fourth-order valence-corrected chi connectivity index (χ4v) is 3.91. The maximum atomic E-state index is 11.4. The highest BCUT2D eigenvalue weighted by molar-refractivity contribution is 8.25. The van der Waals surface area contributed by atoms with E-state index in [-0.39, 0.29) is 5.08 Å². The van der Waals surface area contributed by atoms with E-state index < -0.39 is 10.0 Å². The summed E-state index contributed by atoms with van der Waals surface area (Å²) in [6.07, 6.45) is 0. The first kappa shape index (κ1) is 10.5. The van der Waals surface area contributed by atoms with Crippen LogP contribution in [0.4, 0.5) is 5.69 Å². The van der Waals surface area contributed by atoms with Gasteiger partial charge in [0.15, 0.2) is 5.17 Å². The molecule has 0 amide bonds. The summed E-state index contributed by atoms with van der Waals surface area (Å²) in [5.41, 5.74) is 0.768. The van der Waals surface area contributed by atoms with Crippen LogP contribution in [0.15, 0.2) is 35.3 Å². The van der Waals surface area contributed by atoms with Crippen LogP contribution in [0, 0.1) is 0 Å². The summed E-state index contributed by atoms with van der Waals surface area (Å²) >= 11 is 1.24. The molecule has 0 radical (unpaired) electrons. The Kier molecular flexibility index (Phi) is 2.70. The van der Waals surface area contributed by atoms with Crippen LogP contribution >= 0.6 is 11.8 Å². The molecule has 0 unspecified atom stereocenters. The maximum absolute atomic E-state index is 11.4. The number of sulfonamides is 1. The van der Waals surface area contributed by atoms with Crippen molar-refractivity contribution in [1.82, 2.24) is 4.31 Å². The van der Waals surface area contributed by atoms with Crippen LogP contribution in [0.2, 0.25) is 0 Å². The lowest BCUT2D eigenvalue weighted by molar-refractivity contribution is 0.562. The fraction of sp³-hybridized carbons (Fsp3) is 0.222. The largest absolute Gasteiger partial charge is 0.251 e. The Morgan fingerprint density at radius 1 is 1.33 bits per heavy atom. The van der Waals surface area contributed by atoms with E-state index in [9.17, 15) is 8.42 Å². The van der Waals surface area contributed by atoms with Crippen molar-refractivity contribution in [3.8, 4) is 0 Å². The minimum Gasteiger partial charge on any atom is -0.251 e. The van der Waals surface area contributed by atoms with Gasteiger partial charge < -0.3 is 0 Å². The van der Waals surface area contributed by atoms with E-state index in [1.54, 1.807) is 0 Å². The van der Waals surface area contributed by atoms with Crippen molar-refractivity contribution in [2.45, 2.75) is 0 Å². The molecule has 1 aliphatic rings. The first-order valence-corrected chi connectivity index (χ1v) is 6.92. The van der Waals surface area contributed by atoms with E-state index in [1.165, 1.54) is 23.1 Å². The van der Waals surface area contributed by atoms with E-state index in [0.717, 1.165) is 5.69 Å². The van der Waals surface area contributed by atoms with Gasteiger partial charge in [0.1, 0.15) is 5.08 Å². The van der Waals surface area contributed by atoms with Crippen LogP contribution < -0.4 is 0 Å². The van der Waals surface area contributed by atoms with Gasteiger partial charge in [-0.25, -0.2) is 13.4 Å². The topological polar surface area (TPSA) is 49.7 Å². The Labute approximate surface area is 93.1 Å². The molecule has 1 aromatic rings. The normalized spacial score (nSPS) is 22.2. The molecule has 6 heteroatoms. The summed E-state index contributed by atoms with van der Waals surface area (Å²) in [5.74, 6) is 0. The highest BCUT2D eigenvalue weighted by Gasteiger charge is 2.30. The predicted molar refractivity (Wildman–Crippen MR) is 62.7 cm³/mol. The molecule has 15 heavy (non-hydrogen) atoms. The second-order valence-corrected chi connectivity index (χ2v) is 6.38. The highest BCUT2D eigenvalue weighted by Crippen LogP contribution is 2.26. The van der Waals surface area contributed by atoms with Gasteiger partial charge >= 0.3 is 0 Å². The average molecular weight is 242 g/mol. The van der Waals surface area contributed by atoms with Crippen molar-refractivity contribution < 1.29 is 8.42 Å². The van der Waals surface area contributed by atoms with E-state index in [0.29, 0.717) is 5.17 Å². The Bertz CT molecular complexity index is 482. The fourth-order valence-electron chi connectivity index (χ4n) is 1.13. The molecule has 0 spiro atoms. The monoisotopic (exact) mass is 242 g/mol. The van der Waals surface area contributed by atoms with Crippen LogP contribution in [0.3, 0.4) is 0 Å². The standard InChI is InChI=1S/C9H10N2O2S2/c1-11-9(14-7-15(11,12)13)10-8-5-3-2-4-6-8/h2-6H,7H2,1H3. The molecular formula is C9H10N2O2S2. The molecule has 2 rings (SSSR count). The van der Waals surface area contributed by atoms with Gasteiger partial charge in [-0.3, -0.25) is 4.31 Å². The molecule has 0 aromatic heterocycles. The molecule has 0 saturated carbocycles. The van der Waals surface area contributed by atoms with Crippen molar-refractivity contribution in [1.29, 1.82) is 0 Å². The van der Waals surface area contributed by atoms with E-state index >= 15 is 0 Å². The Morgan fingerprint density at radius 3 is 2.53 bits per heavy atom. The third kappa shape index (κ3) is 2.15. The molecule has 1 aromatic carbocycles. The Hall–Kier alpha value is -1.01. The van der Waals surface area contributed by atoms with Crippen LogP contribution in [-0.4, -0.2) is 30.0 Å². The molecule has 0 N–H and O–H groups in total. The zero-order chi connectivity index (χ0) is 10.9. The smallest absolute Gasteiger partial charge is 0.246 e. The molecule has 1 heterocycles. The number of benzene rings is 1. The minimum absolute atomic E-state index is 0.0785. The van der Waals surface area contributed by atoms with Crippen LogP contribution in [-0.2, 0) is 10.0 Å². The van der Waals surface area contributed by atoms with Crippen molar-refractivity contribution in [3.63, 3.8) is 0 Å². The zero-order valence-electron chi connectivity index (χ0n) is 8.12. The molecule has 4 nitrogen and oxygen atoms in total. The predicted octanol–water partition coefficient (Wildman–Crippen LogP) is 1.64. The average Bonchev–Trinajstić information content (AvgIpc) is 2.47. The van der Waals surface area contributed by atoms with Gasteiger partial charge in [0.25, 0.3) is 0 Å². The Morgan fingerprint density at radius 2 is 2.00 bits per heavy atom. The zero-order valence-corrected chi connectivity index (χ0v) is 9.75. The van der Waals surface area contributed by atoms with Gasteiger partial charge in [0.05, 0.1) is 5.69 Å². The lowest BCUT2D eigenvalue weighted by Gasteiger charge is -2.08. The molecule has 0 aliphatic carbocycles. The molecule has 0 atom stereocenters. The van der Waals surface area contributed by atoms with E-state index in [2.05, 4.69) is 4.99 Å². The van der Waals surface area contributed by atoms with Crippen molar-refractivity contribution in [2.24, 2.45) is 4.99 Å². The summed E-state index contributed by atoms with van der Waals surface area (Å²) < 4.78 is 24.0. The summed E-state index contributed by atoms with van der Waals surface area (Å²) in [7, 11) is -1.60. The number of amidine groups is 1. The van der Waals surface area contributed by atoms with Gasteiger partial charge in [0, 0.05) is 7.05 Å². The summed E-state index contributed by atoms with van der Waals surface area (Å²) in [4.78, 5) is 4.26. The summed E-state index contributed by atoms with van der Waals surface area (Å²) in [5, 5.41) is 0.607. The number of hydrogen-bond donors (Lipinski definition) is 0. The number of rotatable bonds is 1. The lowest BCUT2D eigenvalue weighted by atomic mass is 10.3. The third-order valence-electron chi connectivity index (χ3n) is 2.00. The van der Waals surface area contributed by atoms with E-state index in [4.69, 9.17) is 0 Å². The quantitative estimate of drug-likeness (QED) is 0.752. The molecule has 80 valence electrons. The highest BCUT2D eigenvalue weighted by atomic mass is 32.3. The number of para-hydroxylation sites is 1. The van der Waals surface area contributed by atoms with Gasteiger partial charge in [-0.1, -0.05) is 30.0 Å². The number of hydrogen-bond acceptors (Lipinski definition) is 4. The molecular weight excluding hydrogens is 232 g/mol. The van der Waals surface area contributed by atoms with Crippen molar-refractivity contribution in [2.75, 3.05) is 12.1 Å². The van der Waals surface area contributed by atoms with Crippen molar-refractivity contribution in [3.05, 3.63) is 30.3 Å². The van der Waals surface area contributed by atoms with Crippen molar-refractivity contribution >= 4 is 32.6 Å². The molecule has 1 fully saturated rings. The third-order valence-corrected chi connectivity index (χ3v) is 5.41. The first-order chi connectivity index (χ1) is 7.09. The molecule has 0 bridgehead atoms. The van der Waals surface area contributed by atoms with Gasteiger partial charge in [0.2, 0.25) is 10.0 Å². The molecule has 1 aliphatic heterocycles. The molecule has 1 saturated heterocycles. The Balaban J connectivity index is 2.31. The van der Waals surface area contributed by atoms with Gasteiger partial charge in [-0.05, 0) is 12.1 Å².